The van der Waals surface area contributed by atoms with Crippen LogP contribution in [0, 0.1) is 6.92 Å². The number of aromatic nitrogens is 2. The van der Waals surface area contributed by atoms with Crippen molar-refractivity contribution >= 4 is 0 Å². The summed E-state index contributed by atoms with van der Waals surface area (Å²) in [5.41, 5.74) is 0.573. The van der Waals surface area contributed by atoms with Crippen LogP contribution in [0.1, 0.15) is 37.1 Å². The number of hydrogen-bond donors (Lipinski definition) is 1. The SMILES string of the molecule is Cc1nonc1C1(O)CCCC1. The summed E-state index contributed by atoms with van der Waals surface area (Å²) in [6, 6.07) is 0. The van der Waals surface area contributed by atoms with Gasteiger partial charge in [0, 0.05) is 0 Å². The number of aliphatic hydroxyl groups is 1. The first kappa shape index (κ1) is 7.73. The van der Waals surface area contributed by atoms with Crippen molar-refractivity contribution in [3.8, 4) is 0 Å². The first-order valence-corrected chi connectivity index (χ1v) is 4.24. The van der Waals surface area contributed by atoms with Gasteiger partial charge in [0.05, 0.1) is 0 Å². The van der Waals surface area contributed by atoms with Crippen LogP contribution in [0.25, 0.3) is 0 Å². The summed E-state index contributed by atoms with van der Waals surface area (Å²) in [5, 5.41) is 17.5. The van der Waals surface area contributed by atoms with Gasteiger partial charge in [-0.25, -0.2) is 4.63 Å². The van der Waals surface area contributed by atoms with Gasteiger partial charge in [0.25, 0.3) is 0 Å². The molecule has 0 radical (unpaired) electrons. The molecule has 0 saturated heterocycles. The van der Waals surface area contributed by atoms with Crippen molar-refractivity contribution in [3.63, 3.8) is 0 Å². The molecular weight excluding hydrogens is 156 g/mol. The van der Waals surface area contributed by atoms with E-state index < -0.39 is 5.60 Å². The third-order valence-electron chi connectivity index (χ3n) is 2.52. The van der Waals surface area contributed by atoms with Crippen LogP contribution >= 0.6 is 0 Å². The Hall–Kier alpha value is -0.900. The molecule has 66 valence electrons. The zero-order chi connectivity index (χ0) is 8.60. The summed E-state index contributed by atoms with van der Waals surface area (Å²) >= 11 is 0. The molecule has 4 heteroatoms. The first-order chi connectivity index (χ1) is 5.72. The molecule has 1 aromatic rings. The largest absolute Gasteiger partial charge is 0.383 e. The van der Waals surface area contributed by atoms with Crippen LogP contribution in [0.5, 0.6) is 0 Å². The second kappa shape index (κ2) is 2.55. The molecule has 0 unspecified atom stereocenters. The summed E-state index contributed by atoms with van der Waals surface area (Å²) in [5.74, 6) is 0. The van der Waals surface area contributed by atoms with Crippen LogP contribution in [0.3, 0.4) is 0 Å². The maximum atomic E-state index is 10.1. The van der Waals surface area contributed by atoms with Crippen molar-refractivity contribution in [1.29, 1.82) is 0 Å². The molecule has 0 aliphatic heterocycles. The van der Waals surface area contributed by atoms with Crippen LogP contribution < -0.4 is 0 Å². The highest BCUT2D eigenvalue weighted by Gasteiger charge is 2.37. The molecule has 1 aromatic heterocycles. The molecule has 0 amide bonds. The van der Waals surface area contributed by atoms with Gasteiger partial charge in [-0.15, -0.1) is 0 Å². The predicted molar refractivity (Wildman–Crippen MR) is 41.4 cm³/mol. The minimum absolute atomic E-state index is 0.625. The fourth-order valence-electron chi connectivity index (χ4n) is 1.85. The van der Waals surface area contributed by atoms with Gasteiger partial charge in [-0.1, -0.05) is 23.2 Å². The third-order valence-corrected chi connectivity index (χ3v) is 2.52. The quantitative estimate of drug-likeness (QED) is 0.683. The molecule has 1 fully saturated rings. The van der Waals surface area contributed by atoms with E-state index in [1.165, 1.54) is 0 Å². The molecule has 1 aliphatic rings. The van der Waals surface area contributed by atoms with E-state index in [1.807, 2.05) is 6.92 Å². The summed E-state index contributed by atoms with van der Waals surface area (Å²) in [4.78, 5) is 0. The van der Waals surface area contributed by atoms with Crippen LogP contribution in [-0.4, -0.2) is 15.4 Å². The van der Waals surface area contributed by atoms with Crippen LogP contribution in [-0.2, 0) is 5.60 Å². The van der Waals surface area contributed by atoms with E-state index in [0.717, 1.165) is 25.7 Å². The average Bonchev–Trinajstić information content (AvgIpc) is 2.59. The van der Waals surface area contributed by atoms with Crippen molar-refractivity contribution < 1.29 is 9.74 Å². The topological polar surface area (TPSA) is 59.2 Å². The Kier molecular flexibility index (Phi) is 1.65. The minimum atomic E-state index is -0.760. The molecule has 0 spiro atoms. The van der Waals surface area contributed by atoms with E-state index >= 15 is 0 Å². The molecule has 0 atom stereocenters. The number of nitrogens with zero attached hydrogens (tertiary/aromatic N) is 2. The average molecular weight is 168 g/mol. The Bertz CT molecular complexity index is 276. The molecule has 1 aliphatic carbocycles. The predicted octanol–water partition coefficient (Wildman–Crippen LogP) is 1.14. The Morgan fingerprint density at radius 1 is 1.33 bits per heavy atom. The van der Waals surface area contributed by atoms with Crippen molar-refractivity contribution in [2.24, 2.45) is 0 Å². The summed E-state index contributed by atoms with van der Waals surface area (Å²) in [6.45, 7) is 1.81. The standard InChI is InChI=1S/C8H12N2O2/c1-6-7(10-12-9-6)8(11)4-2-3-5-8/h11H,2-5H2,1H3. The van der Waals surface area contributed by atoms with Crippen molar-refractivity contribution in [3.05, 3.63) is 11.4 Å². The monoisotopic (exact) mass is 168 g/mol. The van der Waals surface area contributed by atoms with Crippen molar-refractivity contribution in [1.82, 2.24) is 10.3 Å². The molecule has 2 rings (SSSR count). The number of rotatable bonds is 1. The highest BCUT2D eigenvalue weighted by Crippen LogP contribution is 2.38. The second-order valence-electron chi connectivity index (χ2n) is 3.44. The molecule has 1 saturated carbocycles. The van der Waals surface area contributed by atoms with E-state index in [9.17, 15) is 5.11 Å². The summed E-state index contributed by atoms with van der Waals surface area (Å²) < 4.78 is 4.56. The maximum Gasteiger partial charge on any atom is 0.139 e. The molecule has 1 heterocycles. The van der Waals surface area contributed by atoms with Crippen LogP contribution in [0.15, 0.2) is 4.63 Å². The lowest BCUT2D eigenvalue weighted by atomic mass is 9.97. The van der Waals surface area contributed by atoms with Gasteiger partial charge >= 0.3 is 0 Å². The van der Waals surface area contributed by atoms with Gasteiger partial charge in [-0.05, 0) is 19.8 Å². The lowest BCUT2D eigenvalue weighted by molar-refractivity contribution is 0.0359. The highest BCUT2D eigenvalue weighted by atomic mass is 16.6. The number of hydrogen-bond acceptors (Lipinski definition) is 4. The van der Waals surface area contributed by atoms with Gasteiger partial charge in [0.1, 0.15) is 17.0 Å². The van der Waals surface area contributed by atoms with Gasteiger partial charge < -0.3 is 5.11 Å². The Morgan fingerprint density at radius 3 is 2.50 bits per heavy atom. The van der Waals surface area contributed by atoms with Gasteiger partial charge in [0.15, 0.2) is 0 Å². The fraction of sp³-hybridized carbons (Fsp3) is 0.750. The molecule has 0 bridgehead atoms. The first-order valence-electron chi connectivity index (χ1n) is 4.24. The highest BCUT2D eigenvalue weighted by molar-refractivity contribution is 5.16. The lowest BCUT2D eigenvalue weighted by Crippen LogP contribution is -2.22. The summed E-state index contributed by atoms with van der Waals surface area (Å²) in [7, 11) is 0. The third kappa shape index (κ3) is 1.03. The Labute approximate surface area is 70.5 Å². The normalized spacial score (nSPS) is 21.5. The van der Waals surface area contributed by atoms with E-state index in [0.29, 0.717) is 11.4 Å². The van der Waals surface area contributed by atoms with E-state index in [-0.39, 0.29) is 0 Å². The lowest BCUT2D eigenvalue weighted by Gasteiger charge is -2.18. The fourth-order valence-corrected chi connectivity index (χ4v) is 1.85. The number of aryl methyl sites for hydroxylation is 1. The van der Waals surface area contributed by atoms with Crippen LogP contribution in [0.2, 0.25) is 0 Å². The Morgan fingerprint density at radius 2 is 2.00 bits per heavy atom. The maximum absolute atomic E-state index is 10.1. The second-order valence-corrected chi connectivity index (χ2v) is 3.44. The Balaban J connectivity index is 2.34. The van der Waals surface area contributed by atoms with Gasteiger partial charge in [-0.2, -0.15) is 0 Å². The van der Waals surface area contributed by atoms with Gasteiger partial charge in [-0.3, -0.25) is 0 Å². The zero-order valence-electron chi connectivity index (χ0n) is 7.08. The van der Waals surface area contributed by atoms with Crippen molar-refractivity contribution in [2.75, 3.05) is 0 Å². The minimum Gasteiger partial charge on any atom is -0.383 e. The molecule has 1 N–H and O–H groups in total. The van der Waals surface area contributed by atoms with Crippen molar-refractivity contribution in [2.45, 2.75) is 38.2 Å². The summed E-state index contributed by atoms with van der Waals surface area (Å²) in [6.07, 6.45) is 3.68. The zero-order valence-corrected chi connectivity index (χ0v) is 7.08. The van der Waals surface area contributed by atoms with Crippen LogP contribution in [0.4, 0.5) is 0 Å². The molecule has 0 aromatic carbocycles. The molecule has 12 heavy (non-hydrogen) atoms. The molecule has 4 nitrogen and oxygen atoms in total. The van der Waals surface area contributed by atoms with Gasteiger partial charge in [0.2, 0.25) is 0 Å². The smallest absolute Gasteiger partial charge is 0.139 e. The van der Waals surface area contributed by atoms with E-state index in [1.54, 1.807) is 0 Å². The van der Waals surface area contributed by atoms with E-state index in [4.69, 9.17) is 0 Å². The molecular formula is C8H12N2O2. The van der Waals surface area contributed by atoms with E-state index in [2.05, 4.69) is 14.9 Å².